The van der Waals surface area contributed by atoms with Gasteiger partial charge < -0.3 is 14.8 Å². The van der Waals surface area contributed by atoms with E-state index < -0.39 is 0 Å². The predicted octanol–water partition coefficient (Wildman–Crippen LogP) is 2.35. The minimum absolute atomic E-state index is 0.259. The van der Waals surface area contributed by atoms with Gasteiger partial charge in [-0.25, -0.2) is 0 Å². The summed E-state index contributed by atoms with van der Waals surface area (Å²) in [5.74, 6) is 0.881. The Morgan fingerprint density at radius 1 is 1.29 bits per heavy atom. The Kier molecular flexibility index (Phi) is 5.26. The smallest absolute Gasteiger partial charge is 0.0965 e. The van der Waals surface area contributed by atoms with Gasteiger partial charge in [-0.3, -0.25) is 0 Å². The zero-order valence-electron chi connectivity index (χ0n) is 11.3. The third kappa shape index (κ3) is 3.67. The van der Waals surface area contributed by atoms with Crippen molar-refractivity contribution >= 4 is 0 Å². The van der Waals surface area contributed by atoms with Crippen molar-refractivity contribution in [2.75, 3.05) is 20.3 Å². The highest BCUT2D eigenvalue weighted by atomic mass is 16.5. The molecule has 4 unspecified atom stereocenters. The summed E-state index contributed by atoms with van der Waals surface area (Å²) in [5, 5.41) is 3.36. The van der Waals surface area contributed by atoms with E-state index in [2.05, 4.69) is 12.2 Å². The van der Waals surface area contributed by atoms with Gasteiger partial charge in [-0.15, -0.1) is 0 Å². The Bertz CT molecular complexity index is 222. The fourth-order valence-electron chi connectivity index (χ4n) is 3.16. The summed E-state index contributed by atoms with van der Waals surface area (Å²) < 4.78 is 11.8. The van der Waals surface area contributed by atoms with Gasteiger partial charge in [-0.2, -0.15) is 0 Å². The molecule has 1 saturated carbocycles. The van der Waals surface area contributed by atoms with E-state index in [4.69, 9.17) is 9.47 Å². The number of hydrogen-bond acceptors (Lipinski definition) is 3. The maximum absolute atomic E-state index is 6.28. The van der Waals surface area contributed by atoms with Crippen molar-refractivity contribution in [3.8, 4) is 0 Å². The Labute approximate surface area is 105 Å². The quantitative estimate of drug-likeness (QED) is 0.819. The van der Waals surface area contributed by atoms with Crippen LogP contribution in [0, 0.1) is 5.92 Å². The average Bonchev–Trinajstić information content (AvgIpc) is 2.39. The molecule has 0 bridgehead atoms. The molecular formula is C14H27NO2. The number of hydrogen-bond donors (Lipinski definition) is 1. The number of ether oxygens (including phenoxy) is 2. The van der Waals surface area contributed by atoms with Crippen molar-refractivity contribution in [3.05, 3.63) is 0 Å². The van der Waals surface area contributed by atoms with Crippen LogP contribution in [0.15, 0.2) is 0 Å². The first-order chi connectivity index (χ1) is 8.33. The largest absolute Gasteiger partial charge is 0.379 e. The van der Waals surface area contributed by atoms with Crippen molar-refractivity contribution in [2.45, 2.75) is 63.7 Å². The van der Waals surface area contributed by atoms with E-state index in [0.29, 0.717) is 12.1 Å². The fraction of sp³-hybridized carbons (Fsp3) is 1.00. The first-order valence-corrected chi connectivity index (χ1v) is 7.24. The molecule has 100 valence electrons. The summed E-state index contributed by atoms with van der Waals surface area (Å²) in [6, 6.07) is 0.478. The summed E-state index contributed by atoms with van der Waals surface area (Å²) in [6.45, 7) is 3.93. The lowest BCUT2D eigenvalue weighted by atomic mass is 9.85. The molecule has 4 atom stereocenters. The third-order valence-corrected chi connectivity index (χ3v) is 4.35. The Hall–Kier alpha value is -0.120. The minimum Gasteiger partial charge on any atom is -0.379 e. The maximum atomic E-state index is 6.28. The van der Waals surface area contributed by atoms with E-state index >= 15 is 0 Å². The van der Waals surface area contributed by atoms with Crippen molar-refractivity contribution < 1.29 is 9.47 Å². The molecule has 2 aliphatic rings. The van der Waals surface area contributed by atoms with Gasteiger partial charge in [0.1, 0.15) is 0 Å². The van der Waals surface area contributed by atoms with Crippen molar-refractivity contribution in [3.63, 3.8) is 0 Å². The first-order valence-electron chi connectivity index (χ1n) is 7.24. The van der Waals surface area contributed by atoms with Crippen LogP contribution in [0.5, 0.6) is 0 Å². The second-order valence-electron chi connectivity index (χ2n) is 5.50. The number of likely N-dealkylation sites (N-methyl/N-ethyl adjacent to an activating group) is 1. The van der Waals surface area contributed by atoms with Crippen molar-refractivity contribution in [1.82, 2.24) is 5.32 Å². The molecule has 0 amide bonds. The average molecular weight is 241 g/mol. The van der Waals surface area contributed by atoms with Gasteiger partial charge in [-0.05, 0) is 32.2 Å². The lowest BCUT2D eigenvalue weighted by molar-refractivity contribution is -0.111. The lowest BCUT2D eigenvalue weighted by Gasteiger charge is -2.36. The van der Waals surface area contributed by atoms with E-state index in [1.807, 2.05) is 7.05 Å². The highest BCUT2D eigenvalue weighted by Crippen LogP contribution is 2.30. The molecule has 1 aliphatic heterocycles. The maximum Gasteiger partial charge on any atom is 0.0965 e. The molecule has 1 heterocycles. The topological polar surface area (TPSA) is 30.5 Å². The second-order valence-corrected chi connectivity index (χ2v) is 5.50. The summed E-state index contributed by atoms with van der Waals surface area (Å²) in [6.07, 6.45) is 8.33. The van der Waals surface area contributed by atoms with Crippen LogP contribution in [0.25, 0.3) is 0 Å². The van der Waals surface area contributed by atoms with Gasteiger partial charge in [0, 0.05) is 12.6 Å². The molecule has 17 heavy (non-hydrogen) atoms. The molecule has 3 nitrogen and oxygen atoms in total. The Morgan fingerprint density at radius 2 is 2.18 bits per heavy atom. The SMILES string of the molecule is CCC1CCCC(OC2COCCC2NC)C1. The molecule has 0 aromatic rings. The lowest BCUT2D eigenvalue weighted by Crippen LogP contribution is -2.48. The van der Waals surface area contributed by atoms with Crippen LogP contribution >= 0.6 is 0 Å². The van der Waals surface area contributed by atoms with E-state index in [1.165, 1.54) is 32.1 Å². The van der Waals surface area contributed by atoms with Gasteiger partial charge in [-0.1, -0.05) is 26.2 Å². The molecule has 2 fully saturated rings. The summed E-state index contributed by atoms with van der Waals surface area (Å²) in [7, 11) is 2.03. The molecule has 1 N–H and O–H groups in total. The second kappa shape index (κ2) is 6.72. The molecule has 3 heteroatoms. The van der Waals surface area contributed by atoms with E-state index in [-0.39, 0.29) is 6.10 Å². The molecule has 1 saturated heterocycles. The van der Waals surface area contributed by atoms with E-state index in [0.717, 1.165) is 25.6 Å². The standard InChI is InChI=1S/C14H27NO2/c1-3-11-5-4-6-12(9-11)17-14-10-16-8-7-13(14)15-2/h11-15H,3-10H2,1-2H3. The summed E-state index contributed by atoms with van der Waals surface area (Å²) in [4.78, 5) is 0. The van der Waals surface area contributed by atoms with Crippen LogP contribution in [0.4, 0.5) is 0 Å². The Balaban J connectivity index is 1.81. The van der Waals surface area contributed by atoms with Crippen LogP contribution in [-0.2, 0) is 9.47 Å². The highest BCUT2D eigenvalue weighted by molar-refractivity contribution is 4.82. The third-order valence-electron chi connectivity index (χ3n) is 4.35. The molecule has 0 radical (unpaired) electrons. The van der Waals surface area contributed by atoms with Gasteiger partial charge in [0.2, 0.25) is 0 Å². The minimum atomic E-state index is 0.259. The van der Waals surface area contributed by atoms with Crippen molar-refractivity contribution in [1.29, 1.82) is 0 Å². The first kappa shape index (κ1) is 13.3. The predicted molar refractivity (Wildman–Crippen MR) is 69.2 cm³/mol. The molecule has 0 aromatic heterocycles. The molecule has 0 aromatic carbocycles. The van der Waals surface area contributed by atoms with Gasteiger partial charge in [0.05, 0.1) is 18.8 Å². The number of rotatable bonds is 4. The van der Waals surface area contributed by atoms with Crippen LogP contribution in [0.3, 0.4) is 0 Å². The van der Waals surface area contributed by atoms with Crippen LogP contribution < -0.4 is 5.32 Å². The number of nitrogens with one attached hydrogen (secondary N) is 1. The molecule has 1 aliphatic carbocycles. The van der Waals surface area contributed by atoms with Crippen LogP contribution in [0.2, 0.25) is 0 Å². The van der Waals surface area contributed by atoms with E-state index in [9.17, 15) is 0 Å². The van der Waals surface area contributed by atoms with Crippen molar-refractivity contribution in [2.24, 2.45) is 5.92 Å². The molecule has 0 spiro atoms. The van der Waals surface area contributed by atoms with Crippen LogP contribution in [-0.4, -0.2) is 38.5 Å². The molecule has 2 rings (SSSR count). The summed E-state index contributed by atoms with van der Waals surface area (Å²) >= 11 is 0. The fourth-order valence-corrected chi connectivity index (χ4v) is 3.16. The zero-order valence-corrected chi connectivity index (χ0v) is 11.3. The molecular weight excluding hydrogens is 214 g/mol. The van der Waals surface area contributed by atoms with E-state index in [1.54, 1.807) is 0 Å². The highest BCUT2D eigenvalue weighted by Gasteiger charge is 2.30. The van der Waals surface area contributed by atoms with Gasteiger partial charge >= 0.3 is 0 Å². The van der Waals surface area contributed by atoms with Crippen LogP contribution in [0.1, 0.15) is 45.4 Å². The van der Waals surface area contributed by atoms with Gasteiger partial charge in [0.15, 0.2) is 0 Å². The monoisotopic (exact) mass is 241 g/mol. The van der Waals surface area contributed by atoms with Gasteiger partial charge in [0.25, 0.3) is 0 Å². The summed E-state index contributed by atoms with van der Waals surface area (Å²) in [5.41, 5.74) is 0. The normalized spacial score (nSPS) is 39.2. The zero-order chi connectivity index (χ0) is 12.1. The Morgan fingerprint density at radius 3 is 2.94 bits per heavy atom.